The van der Waals surface area contributed by atoms with Gasteiger partial charge in [-0.15, -0.1) is 0 Å². The molecule has 1 atom stereocenters. The summed E-state index contributed by atoms with van der Waals surface area (Å²) in [6, 6.07) is 7.98. The maximum atomic E-state index is 12.7. The van der Waals surface area contributed by atoms with Crippen molar-refractivity contribution >= 4 is 21.6 Å². The average Bonchev–Trinajstić information content (AvgIpc) is 2.64. The first-order valence-corrected chi connectivity index (χ1v) is 11.2. The summed E-state index contributed by atoms with van der Waals surface area (Å²) in [6.45, 7) is 11.0. The summed E-state index contributed by atoms with van der Waals surface area (Å²) in [5.74, 6) is 0.569. The lowest BCUT2D eigenvalue weighted by Gasteiger charge is -2.19. The lowest BCUT2D eigenvalue weighted by molar-refractivity contribution is -0.122. The predicted octanol–water partition coefficient (Wildman–Crippen LogP) is 3.71. The molecule has 8 heteroatoms. The van der Waals surface area contributed by atoms with E-state index >= 15 is 0 Å². The average molecular weight is 435 g/mol. The molecule has 0 bridgehead atoms. The first-order chi connectivity index (χ1) is 13.9. The van der Waals surface area contributed by atoms with Crippen molar-refractivity contribution < 1.29 is 22.7 Å². The molecular formula is C22H30N2O5S. The van der Waals surface area contributed by atoms with Crippen molar-refractivity contribution in [3.63, 3.8) is 0 Å². The molecule has 0 heterocycles. The Bertz CT molecular complexity index is 1030. The topological polar surface area (TPSA) is 93.7 Å². The third-order valence-corrected chi connectivity index (χ3v) is 6.22. The Morgan fingerprint density at radius 3 is 2.27 bits per heavy atom. The molecule has 2 aromatic carbocycles. The molecule has 30 heavy (non-hydrogen) atoms. The summed E-state index contributed by atoms with van der Waals surface area (Å²) >= 11 is 0. The number of hydrogen-bond acceptors (Lipinski definition) is 5. The van der Waals surface area contributed by atoms with E-state index in [1.165, 1.54) is 25.3 Å². The molecule has 2 rings (SSSR count). The van der Waals surface area contributed by atoms with Crippen molar-refractivity contribution in [2.45, 2.75) is 58.6 Å². The summed E-state index contributed by atoms with van der Waals surface area (Å²) < 4.78 is 38.6. The number of benzene rings is 2. The van der Waals surface area contributed by atoms with E-state index in [1.54, 1.807) is 20.8 Å². The fourth-order valence-electron chi connectivity index (χ4n) is 2.93. The number of methoxy groups -OCH3 is 1. The standard InChI is InChI=1S/C22H30N2O5S/c1-13(2)24-30(26,27)18-8-9-20(28-7)19(12-18)23-22(25)17(6)29-21-11-14(3)10-15(4)16(21)5/h8-13,17,24H,1-7H3,(H,23,25). The van der Waals surface area contributed by atoms with Gasteiger partial charge in [0.05, 0.1) is 17.7 Å². The summed E-state index contributed by atoms with van der Waals surface area (Å²) in [5, 5.41) is 2.71. The molecular weight excluding hydrogens is 404 g/mol. The van der Waals surface area contributed by atoms with Crippen LogP contribution in [0.5, 0.6) is 11.5 Å². The minimum absolute atomic E-state index is 0.0334. The molecule has 1 amide bonds. The Morgan fingerprint density at radius 2 is 1.67 bits per heavy atom. The Balaban J connectivity index is 2.26. The summed E-state index contributed by atoms with van der Waals surface area (Å²) in [4.78, 5) is 12.8. The second-order valence-corrected chi connectivity index (χ2v) is 9.31. The molecule has 0 aliphatic rings. The zero-order valence-corrected chi connectivity index (χ0v) is 19.3. The highest BCUT2D eigenvalue weighted by Crippen LogP contribution is 2.29. The SMILES string of the molecule is COc1ccc(S(=O)(=O)NC(C)C)cc1NC(=O)C(C)Oc1cc(C)cc(C)c1C. The number of rotatable bonds is 8. The van der Waals surface area contributed by atoms with Gasteiger partial charge in [0, 0.05) is 6.04 Å². The summed E-state index contributed by atoms with van der Waals surface area (Å²) in [7, 11) is -2.27. The number of ether oxygens (including phenoxy) is 2. The molecule has 1 unspecified atom stereocenters. The molecule has 0 aliphatic carbocycles. The van der Waals surface area contributed by atoms with E-state index in [0.29, 0.717) is 11.5 Å². The van der Waals surface area contributed by atoms with E-state index in [1.807, 2.05) is 26.8 Å². The lowest BCUT2D eigenvalue weighted by Crippen LogP contribution is -2.31. The van der Waals surface area contributed by atoms with Gasteiger partial charge in [-0.05, 0) is 82.5 Å². The molecule has 0 aromatic heterocycles. The van der Waals surface area contributed by atoms with E-state index in [4.69, 9.17) is 9.47 Å². The predicted molar refractivity (Wildman–Crippen MR) is 118 cm³/mol. The number of hydrogen-bond donors (Lipinski definition) is 2. The molecule has 0 saturated heterocycles. The van der Waals surface area contributed by atoms with Crippen LogP contribution in [0.25, 0.3) is 0 Å². The summed E-state index contributed by atoms with van der Waals surface area (Å²) in [5.41, 5.74) is 3.33. The molecule has 0 aliphatic heterocycles. The van der Waals surface area contributed by atoms with Gasteiger partial charge in [-0.3, -0.25) is 4.79 Å². The fraction of sp³-hybridized carbons (Fsp3) is 0.409. The van der Waals surface area contributed by atoms with Crippen molar-refractivity contribution in [3.8, 4) is 11.5 Å². The van der Waals surface area contributed by atoms with Gasteiger partial charge in [0.2, 0.25) is 10.0 Å². The Labute approximate surface area is 178 Å². The van der Waals surface area contributed by atoms with Gasteiger partial charge in [0.15, 0.2) is 6.10 Å². The van der Waals surface area contributed by atoms with Crippen LogP contribution in [0.3, 0.4) is 0 Å². The molecule has 0 spiro atoms. The van der Waals surface area contributed by atoms with Crippen LogP contribution in [0.1, 0.15) is 37.5 Å². The van der Waals surface area contributed by atoms with Crippen LogP contribution in [0.4, 0.5) is 5.69 Å². The number of amides is 1. The maximum Gasteiger partial charge on any atom is 0.265 e. The van der Waals surface area contributed by atoms with Crippen molar-refractivity contribution in [2.24, 2.45) is 0 Å². The van der Waals surface area contributed by atoms with Gasteiger partial charge < -0.3 is 14.8 Å². The first-order valence-electron chi connectivity index (χ1n) is 9.70. The van der Waals surface area contributed by atoms with Gasteiger partial charge in [-0.2, -0.15) is 0 Å². The maximum absolute atomic E-state index is 12.7. The second-order valence-electron chi connectivity index (χ2n) is 7.59. The smallest absolute Gasteiger partial charge is 0.265 e. The highest BCUT2D eigenvalue weighted by Gasteiger charge is 2.21. The number of aryl methyl sites for hydroxylation is 2. The van der Waals surface area contributed by atoms with E-state index in [0.717, 1.165) is 16.7 Å². The van der Waals surface area contributed by atoms with Gasteiger partial charge in [-0.1, -0.05) is 6.07 Å². The number of carbonyl (C=O) groups is 1. The Morgan fingerprint density at radius 1 is 1.00 bits per heavy atom. The highest BCUT2D eigenvalue weighted by molar-refractivity contribution is 7.89. The molecule has 7 nitrogen and oxygen atoms in total. The molecule has 0 radical (unpaired) electrons. The third-order valence-electron chi connectivity index (χ3n) is 4.57. The van der Waals surface area contributed by atoms with Crippen molar-refractivity contribution in [1.82, 2.24) is 4.72 Å². The molecule has 2 N–H and O–H groups in total. The van der Waals surface area contributed by atoms with E-state index in [2.05, 4.69) is 16.1 Å². The first kappa shape index (κ1) is 23.7. The molecule has 0 saturated carbocycles. The summed E-state index contributed by atoms with van der Waals surface area (Å²) in [6.07, 6.45) is -0.802. The zero-order valence-electron chi connectivity index (χ0n) is 18.5. The van der Waals surface area contributed by atoms with Crippen LogP contribution in [0, 0.1) is 20.8 Å². The normalized spacial score (nSPS) is 12.5. The quantitative estimate of drug-likeness (QED) is 0.661. The van der Waals surface area contributed by atoms with Crippen LogP contribution < -0.4 is 19.5 Å². The lowest BCUT2D eigenvalue weighted by atomic mass is 10.1. The largest absolute Gasteiger partial charge is 0.495 e. The van der Waals surface area contributed by atoms with E-state index in [9.17, 15) is 13.2 Å². The molecule has 2 aromatic rings. The monoisotopic (exact) mass is 434 g/mol. The van der Waals surface area contributed by atoms with Gasteiger partial charge in [0.1, 0.15) is 11.5 Å². The number of carbonyl (C=O) groups excluding carboxylic acids is 1. The minimum atomic E-state index is -3.71. The van der Waals surface area contributed by atoms with Gasteiger partial charge in [-0.25, -0.2) is 13.1 Å². The number of sulfonamides is 1. The number of anilines is 1. The van der Waals surface area contributed by atoms with E-state index in [-0.39, 0.29) is 16.6 Å². The van der Waals surface area contributed by atoms with Crippen molar-refractivity contribution in [1.29, 1.82) is 0 Å². The second kappa shape index (κ2) is 9.49. The van der Waals surface area contributed by atoms with Crippen molar-refractivity contribution in [3.05, 3.63) is 47.0 Å². The van der Waals surface area contributed by atoms with Crippen LogP contribution in [0.15, 0.2) is 35.2 Å². The van der Waals surface area contributed by atoms with Crippen LogP contribution >= 0.6 is 0 Å². The molecule has 164 valence electrons. The van der Waals surface area contributed by atoms with Crippen molar-refractivity contribution in [2.75, 3.05) is 12.4 Å². The molecule has 0 fully saturated rings. The third kappa shape index (κ3) is 5.73. The van der Waals surface area contributed by atoms with Gasteiger partial charge in [0.25, 0.3) is 5.91 Å². The zero-order chi connectivity index (χ0) is 22.6. The minimum Gasteiger partial charge on any atom is -0.495 e. The van der Waals surface area contributed by atoms with Crippen LogP contribution in [-0.4, -0.2) is 33.6 Å². The fourth-order valence-corrected chi connectivity index (χ4v) is 4.21. The van der Waals surface area contributed by atoms with Crippen LogP contribution in [0.2, 0.25) is 0 Å². The Kier molecular flexibility index (Phi) is 7.49. The number of nitrogens with one attached hydrogen (secondary N) is 2. The van der Waals surface area contributed by atoms with E-state index < -0.39 is 22.0 Å². The Hall–Kier alpha value is -2.58. The highest BCUT2D eigenvalue weighted by atomic mass is 32.2. The van der Waals surface area contributed by atoms with Crippen LogP contribution in [-0.2, 0) is 14.8 Å². The van der Waals surface area contributed by atoms with Gasteiger partial charge >= 0.3 is 0 Å².